The number of fused-ring (bicyclic) bond motifs is 1. The van der Waals surface area contributed by atoms with E-state index in [9.17, 15) is 4.79 Å². The summed E-state index contributed by atoms with van der Waals surface area (Å²) in [6.45, 7) is 0. The van der Waals surface area contributed by atoms with Crippen LogP contribution in [0.25, 0.3) is 10.9 Å². The molecule has 0 unspecified atom stereocenters. The van der Waals surface area contributed by atoms with E-state index < -0.39 is 5.97 Å². The van der Waals surface area contributed by atoms with Gasteiger partial charge in [0, 0.05) is 11.1 Å². The number of pyridine rings is 1. The van der Waals surface area contributed by atoms with Gasteiger partial charge in [-0.3, -0.25) is 9.78 Å². The standard InChI is InChI=1S/C12H10ClNO3S/c1-17-8-3-2-7(13)12-11(8)9(4-5-14-12)18-6-10(15)16/h2-5H,6H2,1H3,(H,15,16). The number of aromatic nitrogens is 1. The normalized spacial score (nSPS) is 10.6. The van der Waals surface area contributed by atoms with Crippen LogP contribution >= 0.6 is 23.4 Å². The molecule has 0 aliphatic heterocycles. The number of nitrogens with zero attached hydrogens (tertiary/aromatic N) is 1. The fourth-order valence-electron chi connectivity index (χ4n) is 1.60. The number of hydrogen-bond acceptors (Lipinski definition) is 4. The van der Waals surface area contributed by atoms with Crippen LogP contribution in [0.15, 0.2) is 29.3 Å². The molecule has 4 nitrogen and oxygen atoms in total. The van der Waals surface area contributed by atoms with Gasteiger partial charge in [-0.25, -0.2) is 0 Å². The van der Waals surface area contributed by atoms with Gasteiger partial charge in [-0.15, -0.1) is 11.8 Å². The van der Waals surface area contributed by atoms with E-state index in [0.29, 0.717) is 16.3 Å². The third kappa shape index (κ3) is 2.52. The van der Waals surface area contributed by atoms with E-state index in [0.717, 1.165) is 10.3 Å². The highest BCUT2D eigenvalue weighted by molar-refractivity contribution is 8.00. The molecule has 1 heterocycles. The fourth-order valence-corrected chi connectivity index (χ4v) is 2.59. The lowest BCUT2D eigenvalue weighted by molar-refractivity contribution is -0.133. The highest BCUT2D eigenvalue weighted by Crippen LogP contribution is 2.36. The lowest BCUT2D eigenvalue weighted by Gasteiger charge is -2.10. The molecule has 2 rings (SSSR count). The summed E-state index contributed by atoms with van der Waals surface area (Å²) in [5.74, 6) is -0.254. The Balaban J connectivity index is 2.58. The summed E-state index contributed by atoms with van der Waals surface area (Å²) in [5.41, 5.74) is 0.617. The lowest BCUT2D eigenvalue weighted by Crippen LogP contribution is -1.98. The van der Waals surface area contributed by atoms with Gasteiger partial charge in [-0.1, -0.05) is 11.6 Å². The van der Waals surface area contributed by atoms with E-state index in [1.54, 1.807) is 31.5 Å². The maximum Gasteiger partial charge on any atom is 0.313 e. The smallest absolute Gasteiger partial charge is 0.313 e. The van der Waals surface area contributed by atoms with Crippen molar-refractivity contribution in [2.45, 2.75) is 4.90 Å². The number of carboxylic acid groups (broad SMARTS) is 1. The van der Waals surface area contributed by atoms with Crippen LogP contribution in [0.3, 0.4) is 0 Å². The number of ether oxygens (including phenoxy) is 1. The summed E-state index contributed by atoms with van der Waals surface area (Å²) in [4.78, 5) is 15.6. The molecule has 0 radical (unpaired) electrons. The molecule has 2 aromatic rings. The van der Waals surface area contributed by atoms with E-state index in [1.165, 1.54) is 11.8 Å². The maximum absolute atomic E-state index is 10.6. The van der Waals surface area contributed by atoms with Crippen LogP contribution in [0.1, 0.15) is 0 Å². The zero-order chi connectivity index (χ0) is 13.1. The van der Waals surface area contributed by atoms with Gasteiger partial charge in [0.25, 0.3) is 0 Å². The van der Waals surface area contributed by atoms with Gasteiger partial charge in [-0.2, -0.15) is 0 Å². The van der Waals surface area contributed by atoms with E-state index in [2.05, 4.69) is 4.98 Å². The minimum atomic E-state index is -0.869. The Bertz CT molecular complexity index is 603. The highest BCUT2D eigenvalue weighted by Gasteiger charge is 2.12. The van der Waals surface area contributed by atoms with Crippen molar-refractivity contribution in [1.29, 1.82) is 0 Å². The molecule has 18 heavy (non-hydrogen) atoms. The van der Waals surface area contributed by atoms with Crippen LogP contribution in [0, 0.1) is 0 Å². The first kappa shape index (κ1) is 13.0. The molecule has 0 atom stereocenters. The van der Waals surface area contributed by atoms with Crippen LogP contribution in [0.4, 0.5) is 0 Å². The number of thioether (sulfide) groups is 1. The average molecular weight is 284 g/mol. The second-order valence-corrected chi connectivity index (χ2v) is 4.89. The molecule has 0 saturated carbocycles. The average Bonchev–Trinajstić information content (AvgIpc) is 2.37. The van der Waals surface area contributed by atoms with Gasteiger partial charge in [0.15, 0.2) is 0 Å². The lowest BCUT2D eigenvalue weighted by atomic mass is 10.2. The number of hydrogen-bond donors (Lipinski definition) is 1. The largest absolute Gasteiger partial charge is 0.496 e. The summed E-state index contributed by atoms with van der Waals surface area (Å²) < 4.78 is 5.27. The van der Waals surface area contributed by atoms with Gasteiger partial charge in [0.05, 0.1) is 28.8 Å². The molecule has 1 aromatic heterocycles. The monoisotopic (exact) mass is 283 g/mol. The first-order valence-corrected chi connectivity index (χ1v) is 6.45. The van der Waals surface area contributed by atoms with Crippen molar-refractivity contribution in [2.24, 2.45) is 0 Å². The summed E-state index contributed by atoms with van der Waals surface area (Å²) in [7, 11) is 1.56. The molecule has 0 saturated heterocycles. The SMILES string of the molecule is COc1ccc(Cl)c2nccc(SCC(=O)O)c12. The molecule has 0 spiro atoms. The molecule has 1 aromatic carbocycles. The molecule has 6 heteroatoms. The van der Waals surface area contributed by atoms with Gasteiger partial charge in [0.1, 0.15) is 5.75 Å². The number of benzene rings is 1. The van der Waals surface area contributed by atoms with Crippen molar-refractivity contribution in [3.05, 3.63) is 29.4 Å². The number of halogens is 1. The third-order valence-electron chi connectivity index (χ3n) is 2.34. The Morgan fingerprint density at radius 1 is 1.50 bits per heavy atom. The van der Waals surface area contributed by atoms with Crippen LogP contribution in [0.5, 0.6) is 5.75 Å². The Morgan fingerprint density at radius 3 is 2.94 bits per heavy atom. The van der Waals surface area contributed by atoms with Gasteiger partial charge in [0.2, 0.25) is 0 Å². The summed E-state index contributed by atoms with van der Waals surface area (Å²) >= 11 is 7.30. The maximum atomic E-state index is 10.6. The quantitative estimate of drug-likeness (QED) is 0.874. The summed E-state index contributed by atoms with van der Waals surface area (Å²) in [6.07, 6.45) is 1.61. The molecule has 1 N–H and O–H groups in total. The Hall–Kier alpha value is -1.46. The van der Waals surface area contributed by atoms with Gasteiger partial charge < -0.3 is 9.84 Å². The van der Waals surface area contributed by atoms with Crippen LogP contribution in [0.2, 0.25) is 5.02 Å². The first-order valence-electron chi connectivity index (χ1n) is 5.09. The topological polar surface area (TPSA) is 59.4 Å². The van der Waals surface area contributed by atoms with Gasteiger partial charge >= 0.3 is 5.97 Å². The van der Waals surface area contributed by atoms with Crippen molar-refractivity contribution in [2.75, 3.05) is 12.9 Å². The van der Waals surface area contributed by atoms with Crippen LogP contribution in [-0.2, 0) is 4.79 Å². The van der Waals surface area contributed by atoms with Gasteiger partial charge in [-0.05, 0) is 18.2 Å². The molecule has 94 valence electrons. The number of methoxy groups -OCH3 is 1. The van der Waals surface area contributed by atoms with Crippen molar-refractivity contribution in [3.8, 4) is 5.75 Å². The van der Waals surface area contributed by atoms with E-state index >= 15 is 0 Å². The zero-order valence-corrected chi connectivity index (χ0v) is 11.1. The Labute approximate surface area is 113 Å². The fraction of sp³-hybridized carbons (Fsp3) is 0.167. The second-order valence-electron chi connectivity index (χ2n) is 3.46. The van der Waals surface area contributed by atoms with Crippen LogP contribution < -0.4 is 4.74 Å². The highest BCUT2D eigenvalue weighted by atomic mass is 35.5. The molecule has 0 aliphatic carbocycles. The van der Waals surface area contributed by atoms with Crippen molar-refractivity contribution >= 4 is 40.2 Å². The van der Waals surface area contributed by atoms with Crippen molar-refractivity contribution < 1.29 is 14.6 Å². The Morgan fingerprint density at radius 2 is 2.28 bits per heavy atom. The van der Waals surface area contributed by atoms with Crippen molar-refractivity contribution in [3.63, 3.8) is 0 Å². The minimum Gasteiger partial charge on any atom is -0.496 e. The number of carbonyl (C=O) groups is 1. The number of carboxylic acids is 1. The minimum absolute atomic E-state index is 0.0191. The molecular weight excluding hydrogens is 274 g/mol. The number of rotatable bonds is 4. The zero-order valence-electron chi connectivity index (χ0n) is 9.51. The van der Waals surface area contributed by atoms with Crippen LogP contribution in [-0.4, -0.2) is 28.9 Å². The predicted octanol–water partition coefficient (Wildman–Crippen LogP) is 3.07. The second kappa shape index (κ2) is 5.46. The van der Waals surface area contributed by atoms with E-state index in [4.69, 9.17) is 21.4 Å². The van der Waals surface area contributed by atoms with Crippen molar-refractivity contribution in [1.82, 2.24) is 4.98 Å². The Kier molecular flexibility index (Phi) is 3.93. The van der Waals surface area contributed by atoms with E-state index in [1.807, 2.05) is 0 Å². The first-order chi connectivity index (χ1) is 8.63. The molecule has 0 aliphatic rings. The molecule has 0 fully saturated rings. The summed E-state index contributed by atoms with van der Waals surface area (Å²) in [6, 6.07) is 5.22. The number of aliphatic carboxylic acids is 1. The summed E-state index contributed by atoms with van der Waals surface area (Å²) in [5, 5.41) is 10.0. The molecule has 0 amide bonds. The third-order valence-corrected chi connectivity index (χ3v) is 3.68. The molecule has 0 bridgehead atoms. The van der Waals surface area contributed by atoms with E-state index in [-0.39, 0.29) is 5.75 Å². The molecular formula is C12H10ClNO3S. The predicted molar refractivity (Wildman–Crippen MR) is 71.7 cm³/mol.